The fraction of sp³-hybridized carbons (Fsp3) is 1.00. The summed E-state index contributed by atoms with van der Waals surface area (Å²) in [6.45, 7) is 5.51. The molecule has 1 unspecified atom stereocenters. The van der Waals surface area contributed by atoms with Crippen LogP contribution in [0.2, 0.25) is 0 Å². The van der Waals surface area contributed by atoms with E-state index < -0.39 is 12.6 Å². The first-order valence-corrected chi connectivity index (χ1v) is 7.83. The minimum Gasteiger partial charge on any atom is -0.329 e. The van der Waals surface area contributed by atoms with E-state index in [1.54, 1.807) is 0 Å². The molecule has 0 aromatic carbocycles. The molecule has 126 valence electrons. The Labute approximate surface area is 126 Å². The van der Waals surface area contributed by atoms with Crippen molar-refractivity contribution in [2.24, 2.45) is 11.7 Å². The summed E-state index contributed by atoms with van der Waals surface area (Å²) in [6.07, 6.45) is -1.83. The van der Waals surface area contributed by atoms with Gasteiger partial charge in [-0.25, -0.2) is 0 Å². The van der Waals surface area contributed by atoms with Crippen LogP contribution in [0.1, 0.15) is 39.0 Å². The summed E-state index contributed by atoms with van der Waals surface area (Å²) in [5.41, 5.74) is 5.52. The highest BCUT2D eigenvalue weighted by molar-refractivity contribution is 4.87. The average Bonchev–Trinajstić information content (AvgIpc) is 2.39. The van der Waals surface area contributed by atoms with Gasteiger partial charge in [-0.2, -0.15) is 13.2 Å². The predicted molar refractivity (Wildman–Crippen MR) is 80.2 cm³/mol. The Morgan fingerprint density at radius 3 is 2.24 bits per heavy atom. The SMILES string of the molecule is CN1CCC(CN(C)C(C)(CN)CCCC(F)(F)F)CC1. The molecule has 6 heteroatoms. The lowest BCUT2D eigenvalue weighted by molar-refractivity contribution is -0.136. The van der Waals surface area contributed by atoms with E-state index in [1.807, 2.05) is 14.0 Å². The Kier molecular flexibility index (Phi) is 6.94. The summed E-state index contributed by atoms with van der Waals surface area (Å²) in [4.78, 5) is 4.50. The Morgan fingerprint density at radius 1 is 1.19 bits per heavy atom. The van der Waals surface area contributed by atoms with Gasteiger partial charge in [0.15, 0.2) is 0 Å². The molecular weight excluding hydrogens is 279 g/mol. The molecule has 0 saturated carbocycles. The van der Waals surface area contributed by atoms with Crippen molar-refractivity contribution < 1.29 is 13.2 Å². The molecule has 1 aliphatic rings. The molecule has 1 heterocycles. The van der Waals surface area contributed by atoms with Crippen molar-refractivity contribution in [1.82, 2.24) is 9.80 Å². The van der Waals surface area contributed by atoms with Gasteiger partial charge in [0.2, 0.25) is 0 Å². The normalized spacial score (nSPS) is 21.7. The molecule has 0 bridgehead atoms. The van der Waals surface area contributed by atoms with Gasteiger partial charge in [0.25, 0.3) is 0 Å². The average molecular weight is 309 g/mol. The van der Waals surface area contributed by atoms with E-state index in [2.05, 4.69) is 16.8 Å². The lowest BCUT2D eigenvalue weighted by Crippen LogP contribution is -2.52. The largest absolute Gasteiger partial charge is 0.389 e. The van der Waals surface area contributed by atoms with Crippen molar-refractivity contribution >= 4 is 0 Å². The summed E-state index contributed by atoms with van der Waals surface area (Å²) in [6, 6.07) is 0. The third kappa shape index (κ3) is 6.53. The third-order valence-electron chi connectivity index (χ3n) is 4.91. The van der Waals surface area contributed by atoms with Crippen LogP contribution in [-0.4, -0.2) is 61.8 Å². The summed E-state index contributed by atoms with van der Waals surface area (Å²) in [5, 5.41) is 0. The molecule has 21 heavy (non-hydrogen) atoms. The topological polar surface area (TPSA) is 32.5 Å². The Hall–Kier alpha value is -0.330. The van der Waals surface area contributed by atoms with Crippen LogP contribution in [0, 0.1) is 5.92 Å². The second-order valence-electron chi connectivity index (χ2n) is 6.80. The Balaban J connectivity index is 2.44. The predicted octanol–water partition coefficient (Wildman–Crippen LogP) is 2.71. The highest BCUT2D eigenvalue weighted by Crippen LogP contribution is 2.28. The van der Waals surface area contributed by atoms with Crippen molar-refractivity contribution in [3.8, 4) is 0 Å². The number of rotatable bonds is 7. The van der Waals surface area contributed by atoms with Crippen LogP contribution in [0.4, 0.5) is 13.2 Å². The van der Waals surface area contributed by atoms with E-state index in [0.29, 0.717) is 18.9 Å². The number of piperidine rings is 1. The number of likely N-dealkylation sites (N-methyl/N-ethyl adjacent to an activating group) is 1. The first-order valence-electron chi connectivity index (χ1n) is 7.83. The van der Waals surface area contributed by atoms with Crippen molar-refractivity contribution in [3.05, 3.63) is 0 Å². The second-order valence-corrected chi connectivity index (χ2v) is 6.80. The molecule has 0 spiro atoms. The molecule has 3 nitrogen and oxygen atoms in total. The lowest BCUT2D eigenvalue weighted by atomic mass is 9.90. The zero-order valence-corrected chi connectivity index (χ0v) is 13.5. The van der Waals surface area contributed by atoms with Crippen LogP contribution < -0.4 is 5.73 Å². The summed E-state index contributed by atoms with van der Waals surface area (Å²) >= 11 is 0. The third-order valence-corrected chi connectivity index (χ3v) is 4.91. The maximum atomic E-state index is 12.3. The molecule has 2 N–H and O–H groups in total. The van der Waals surface area contributed by atoms with Gasteiger partial charge in [0, 0.05) is 25.0 Å². The van der Waals surface area contributed by atoms with Gasteiger partial charge < -0.3 is 10.6 Å². The number of nitrogens with two attached hydrogens (primary N) is 1. The first kappa shape index (κ1) is 18.7. The first-order chi connectivity index (χ1) is 9.66. The number of hydrogen-bond donors (Lipinski definition) is 1. The van der Waals surface area contributed by atoms with Crippen molar-refractivity contribution in [2.75, 3.05) is 40.3 Å². The van der Waals surface area contributed by atoms with Crippen LogP contribution in [0.5, 0.6) is 0 Å². The van der Waals surface area contributed by atoms with Gasteiger partial charge in [-0.15, -0.1) is 0 Å². The monoisotopic (exact) mass is 309 g/mol. The van der Waals surface area contributed by atoms with Crippen LogP contribution in [0.3, 0.4) is 0 Å². The number of nitrogens with zero attached hydrogens (tertiary/aromatic N) is 2. The van der Waals surface area contributed by atoms with Gasteiger partial charge in [-0.05, 0) is 65.7 Å². The second kappa shape index (κ2) is 7.79. The van der Waals surface area contributed by atoms with Crippen molar-refractivity contribution in [3.63, 3.8) is 0 Å². The highest BCUT2D eigenvalue weighted by Gasteiger charge is 2.33. The zero-order valence-electron chi connectivity index (χ0n) is 13.5. The van der Waals surface area contributed by atoms with E-state index in [-0.39, 0.29) is 12.0 Å². The van der Waals surface area contributed by atoms with E-state index >= 15 is 0 Å². The van der Waals surface area contributed by atoms with Crippen molar-refractivity contribution in [2.45, 2.75) is 50.7 Å². The van der Waals surface area contributed by atoms with Gasteiger partial charge in [0.1, 0.15) is 0 Å². The van der Waals surface area contributed by atoms with Gasteiger partial charge in [-0.1, -0.05) is 0 Å². The van der Waals surface area contributed by atoms with Crippen LogP contribution in [0.25, 0.3) is 0 Å². The summed E-state index contributed by atoms with van der Waals surface area (Å²) in [5.74, 6) is 0.625. The molecule has 0 aromatic rings. The van der Waals surface area contributed by atoms with Crippen LogP contribution >= 0.6 is 0 Å². The maximum Gasteiger partial charge on any atom is 0.389 e. The van der Waals surface area contributed by atoms with Crippen molar-refractivity contribution in [1.29, 1.82) is 0 Å². The minimum absolute atomic E-state index is 0.148. The van der Waals surface area contributed by atoms with Gasteiger partial charge in [-0.3, -0.25) is 4.90 Å². The maximum absolute atomic E-state index is 12.3. The molecule has 0 aromatic heterocycles. The van der Waals surface area contributed by atoms with Gasteiger partial charge in [0.05, 0.1) is 0 Å². The number of halogens is 3. The standard InChI is InChI=1S/C15H30F3N3/c1-14(12-19,7-4-8-15(16,17)18)21(3)11-13-5-9-20(2)10-6-13/h13H,4-12,19H2,1-3H3. The van der Waals surface area contributed by atoms with E-state index in [4.69, 9.17) is 5.73 Å². The van der Waals surface area contributed by atoms with E-state index in [1.165, 1.54) is 0 Å². The van der Waals surface area contributed by atoms with Crippen LogP contribution in [0.15, 0.2) is 0 Å². The number of alkyl halides is 3. The number of likely N-dealkylation sites (tertiary alicyclic amines) is 1. The molecule has 0 radical (unpaired) electrons. The van der Waals surface area contributed by atoms with E-state index in [9.17, 15) is 13.2 Å². The molecular formula is C15H30F3N3. The van der Waals surface area contributed by atoms with Gasteiger partial charge >= 0.3 is 6.18 Å². The molecule has 1 rings (SSSR count). The molecule has 1 saturated heterocycles. The highest BCUT2D eigenvalue weighted by atomic mass is 19.4. The quantitative estimate of drug-likeness (QED) is 0.785. The molecule has 0 aliphatic carbocycles. The molecule has 1 atom stereocenters. The smallest absolute Gasteiger partial charge is 0.329 e. The Bertz CT molecular complexity index is 301. The molecule has 0 amide bonds. The lowest BCUT2D eigenvalue weighted by Gasteiger charge is -2.41. The minimum atomic E-state index is -4.07. The fourth-order valence-electron chi connectivity index (χ4n) is 2.97. The fourth-order valence-corrected chi connectivity index (χ4v) is 2.97. The molecule has 1 aliphatic heterocycles. The summed E-state index contributed by atoms with van der Waals surface area (Å²) < 4.78 is 36.9. The number of hydrogen-bond acceptors (Lipinski definition) is 3. The van der Waals surface area contributed by atoms with E-state index in [0.717, 1.165) is 32.5 Å². The zero-order chi connectivity index (χ0) is 16.1. The Morgan fingerprint density at radius 2 is 1.76 bits per heavy atom. The van der Waals surface area contributed by atoms with Crippen LogP contribution in [-0.2, 0) is 0 Å². The summed E-state index contributed by atoms with van der Waals surface area (Å²) in [7, 11) is 4.12. The molecule has 1 fully saturated rings.